The number of aromatic nitrogens is 5. The van der Waals surface area contributed by atoms with Gasteiger partial charge in [-0.25, -0.2) is 10.1 Å². The third kappa shape index (κ3) is 5.07. The Bertz CT molecular complexity index is 1170. The molecule has 1 fully saturated rings. The highest BCUT2D eigenvalue weighted by Gasteiger charge is 2.28. The van der Waals surface area contributed by atoms with Crippen molar-refractivity contribution in [3.63, 3.8) is 0 Å². The first-order chi connectivity index (χ1) is 15.8. The van der Waals surface area contributed by atoms with Gasteiger partial charge >= 0.3 is 0 Å². The standard InChI is InChI=1S/C19H21Br2N9O3/c1-10-4-2-3-5-29(10)9-14-15(24-28-30(14)18-17(22)26-33-27-18)19(32)25-23-8-11-6-12(20)16(31)13(21)7-11/h6-8,10,31H,2-5,9H2,1H3,(H2,22,26)(H,25,32)/b23-8-. The summed E-state index contributed by atoms with van der Waals surface area (Å²) in [5.41, 5.74) is 9.58. The number of carbonyl (C=O) groups excluding carboxylic acids is 1. The Kier molecular flexibility index (Phi) is 7.05. The Balaban J connectivity index is 1.59. The van der Waals surface area contributed by atoms with E-state index in [1.807, 2.05) is 0 Å². The Hall–Kier alpha value is -2.84. The molecular weight excluding hydrogens is 562 g/mol. The Labute approximate surface area is 205 Å². The fraction of sp³-hybridized carbons (Fsp3) is 0.368. The molecule has 1 aromatic carbocycles. The summed E-state index contributed by atoms with van der Waals surface area (Å²) in [6.45, 7) is 3.46. The number of nitrogens with one attached hydrogen (secondary N) is 1. The lowest BCUT2D eigenvalue weighted by Gasteiger charge is -2.33. The van der Waals surface area contributed by atoms with Crippen LogP contribution in [0.4, 0.5) is 5.82 Å². The van der Waals surface area contributed by atoms with Crippen molar-refractivity contribution in [1.29, 1.82) is 0 Å². The summed E-state index contributed by atoms with van der Waals surface area (Å²) in [7, 11) is 0. The van der Waals surface area contributed by atoms with Crippen LogP contribution < -0.4 is 11.2 Å². The summed E-state index contributed by atoms with van der Waals surface area (Å²) < 4.78 is 7.06. The van der Waals surface area contributed by atoms with Crippen molar-refractivity contribution >= 4 is 49.8 Å². The van der Waals surface area contributed by atoms with Crippen molar-refractivity contribution in [2.24, 2.45) is 5.10 Å². The van der Waals surface area contributed by atoms with Crippen LogP contribution in [0, 0.1) is 0 Å². The molecule has 0 saturated carbocycles. The van der Waals surface area contributed by atoms with Gasteiger partial charge in [0.05, 0.1) is 20.9 Å². The number of benzene rings is 1. The highest BCUT2D eigenvalue weighted by molar-refractivity contribution is 9.11. The molecule has 0 aliphatic carbocycles. The lowest BCUT2D eigenvalue weighted by Crippen LogP contribution is -2.38. The van der Waals surface area contributed by atoms with E-state index < -0.39 is 5.91 Å². The number of aromatic hydroxyl groups is 1. The number of hydrogen-bond acceptors (Lipinski definition) is 10. The van der Waals surface area contributed by atoms with Gasteiger partial charge in [-0.2, -0.15) is 9.78 Å². The minimum absolute atomic E-state index is 0.0429. The molecule has 1 unspecified atom stereocenters. The number of rotatable bonds is 6. The summed E-state index contributed by atoms with van der Waals surface area (Å²) in [4.78, 5) is 15.2. The van der Waals surface area contributed by atoms with Crippen LogP contribution in [0.1, 0.15) is 47.9 Å². The largest absolute Gasteiger partial charge is 0.506 e. The quantitative estimate of drug-likeness (QED) is 0.293. The van der Waals surface area contributed by atoms with E-state index in [1.165, 1.54) is 17.3 Å². The summed E-state index contributed by atoms with van der Waals surface area (Å²) in [5.74, 6) is -0.250. The highest BCUT2D eigenvalue weighted by atomic mass is 79.9. The second-order valence-corrected chi connectivity index (χ2v) is 9.33. The van der Waals surface area contributed by atoms with Gasteiger partial charge in [0.2, 0.25) is 11.6 Å². The van der Waals surface area contributed by atoms with Crippen molar-refractivity contribution in [3.8, 4) is 11.6 Å². The fourth-order valence-corrected chi connectivity index (χ4v) is 4.81. The van der Waals surface area contributed by atoms with E-state index in [0.29, 0.717) is 32.8 Å². The molecule has 12 nitrogen and oxygen atoms in total. The number of nitrogens with two attached hydrogens (primary N) is 1. The lowest BCUT2D eigenvalue weighted by atomic mass is 10.0. The normalized spacial score (nSPS) is 17.0. The van der Waals surface area contributed by atoms with Crippen LogP contribution in [0.25, 0.3) is 5.82 Å². The summed E-state index contributed by atoms with van der Waals surface area (Å²) in [6.07, 6.45) is 4.76. The van der Waals surface area contributed by atoms with E-state index in [2.05, 4.69) is 74.8 Å². The maximum absolute atomic E-state index is 12.9. The number of halogens is 2. The molecule has 4 N–H and O–H groups in total. The number of phenols is 1. The lowest BCUT2D eigenvalue weighted by molar-refractivity contribution is 0.0945. The second kappa shape index (κ2) is 9.97. The molecule has 1 aliphatic heterocycles. The molecule has 1 aliphatic rings. The van der Waals surface area contributed by atoms with Crippen LogP contribution in [0.2, 0.25) is 0 Å². The molecule has 1 saturated heterocycles. The summed E-state index contributed by atoms with van der Waals surface area (Å²) in [5, 5.41) is 29.4. The number of carbonyl (C=O) groups is 1. The van der Waals surface area contributed by atoms with Crippen LogP contribution in [-0.2, 0) is 6.54 Å². The zero-order chi connectivity index (χ0) is 23.5. The van der Waals surface area contributed by atoms with E-state index in [9.17, 15) is 9.90 Å². The second-order valence-electron chi connectivity index (χ2n) is 7.62. The van der Waals surface area contributed by atoms with Crippen molar-refractivity contribution < 1.29 is 14.5 Å². The van der Waals surface area contributed by atoms with Crippen LogP contribution in [0.15, 0.2) is 30.8 Å². The maximum Gasteiger partial charge on any atom is 0.293 e. The number of nitrogen functional groups attached to an aromatic ring is 1. The minimum atomic E-state index is -0.538. The van der Waals surface area contributed by atoms with E-state index in [-0.39, 0.29) is 23.1 Å². The van der Waals surface area contributed by atoms with Gasteiger partial charge in [0.15, 0.2) is 5.69 Å². The van der Waals surface area contributed by atoms with Gasteiger partial charge in [0.1, 0.15) is 5.75 Å². The van der Waals surface area contributed by atoms with Crippen LogP contribution in [0.3, 0.4) is 0 Å². The summed E-state index contributed by atoms with van der Waals surface area (Å²) >= 11 is 6.52. The predicted octanol–water partition coefficient (Wildman–Crippen LogP) is 2.60. The molecule has 1 atom stereocenters. The molecule has 0 radical (unpaired) electrons. The van der Waals surface area contributed by atoms with Gasteiger partial charge < -0.3 is 10.8 Å². The number of likely N-dealkylation sites (tertiary alicyclic amines) is 1. The van der Waals surface area contributed by atoms with Crippen molar-refractivity contribution in [3.05, 3.63) is 38.0 Å². The molecular formula is C19H21Br2N9O3. The molecule has 4 rings (SSSR count). The van der Waals surface area contributed by atoms with Gasteiger partial charge in [0, 0.05) is 12.6 Å². The van der Waals surface area contributed by atoms with E-state index in [0.717, 1.165) is 19.4 Å². The van der Waals surface area contributed by atoms with Gasteiger partial charge in [0.25, 0.3) is 5.91 Å². The van der Waals surface area contributed by atoms with Gasteiger partial charge in [-0.15, -0.1) is 5.10 Å². The van der Waals surface area contributed by atoms with Crippen molar-refractivity contribution in [2.45, 2.75) is 38.8 Å². The molecule has 0 bridgehead atoms. The zero-order valence-electron chi connectivity index (χ0n) is 17.6. The number of piperidine rings is 1. The third-order valence-corrected chi connectivity index (χ3v) is 6.60. The molecule has 174 valence electrons. The van der Waals surface area contributed by atoms with Gasteiger partial charge in [-0.3, -0.25) is 9.69 Å². The van der Waals surface area contributed by atoms with E-state index >= 15 is 0 Å². The molecule has 1 amide bonds. The molecule has 0 spiro atoms. The molecule has 14 heteroatoms. The Morgan fingerprint density at radius 1 is 1.36 bits per heavy atom. The number of amides is 1. The number of nitrogens with zero attached hydrogens (tertiary/aromatic N) is 7. The smallest absolute Gasteiger partial charge is 0.293 e. The van der Waals surface area contributed by atoms with Gasteiger partial charge in [-0.1, -0.05) is 11.6 Å². The van der Waals surface area contributed by atoms with Crippen molar-refractivity contribution in [2.75, 3.05) is 12.3 Å². The molecule has 33 heavy (non-hydrogen) atoms. The number of anilines is 1. The fourth-order valence-electron chi connectivity index (χ4n) is 3.59. The summed E-state index contributed by atoms with van der Waals surface area (Å²) in [6, 6.07) is 3.67. The maximum atomic E-state index is 12.9. The average Bonchev–Trinajstić information content (AvgIpc) is 3.39. The van der Waals surface area contributed by atoms with E-state index in [4.69, 9.17) is 10.4 Å². The van der Waals surface area contributed by atoms with Gasteiger partial charge in [-0.05, 0) is 86.2 Å². The number of hydrazone groups is 1. The highest BCUT2D eigenvalue weighted by Crippen LogP contribution is 2.32. The minimum Gasteiger partial charge on any atom is -0.506 e. The van der Waals surface area contributed by atoms with Crippen LogP contribution in [0.5, 0.6) is 5.75 Å². The first kappa shape index (κ1) is 23.3. The molecule has 3 heterocycles. The Morgan fingerprint density at radius 3 is 2.79 bits per heavy atom. The topological polar surface area (TPSA) is 161 Å². The van der Waals surface area contributed by atoms with Crippen LogP contribution >= 0.6 is 31.9 Å². The zero-order valence-corrected chi connectivity index (χ0v) is 20.7. The van der Waals surface area contributed by atoms with Crippen LogP contribution in [-0.4, -0.2) is 60.0 Å². The van der Waals surface area contributed by atoms with E-state index in [1.54, 1.807) is 12.1 Å². The predicted molar refractivity (Wildman–Crippen MR) is 126 cm³/mol. The first-order valence-corrected chi connectivity index (χ1v) is 11.7. The third-order valence-electron chi connectivity index (χ3n) is 5.39. The number of phenolic OH excluding ortho intramolecular Hbond substituents is 1. The first-order valence-electron chi connectivity index (χ1n) is 10.1. The average molecular weight is 583 g/mol. The SMILES string of the molecule is CC1CCCCN1Cc1c(C(=O)N/N=C\c2cc(Br)c(O)c(Br)c2)nnn1-c1nonc1N. The van der Waals surface area contributed by atoms with Crippen molar-refractivity contribution in [1.82, 2.24) is 35.6 Å². The molecule has 2 aromatic heterocycles. The number of hydrogen-bond donors (Lipinski definition) is 3. The molecule has 3 aromatic rings. The monoisotopic (exact) mass is 581 g/mol. The Morgan fingerprint density at radius 2 is 2.12 bits per heavy atom.